The first-order valence-corrected chi connectivity index (χ1v) is 9.35. The molecule has 0 bridgehead atoms. The Bertz CT molecular complexity index is 1160. The van der Waals surface area contributed by atoms with Crippen LogP contribution in [0.5, 0.6) is 5.75 Å². The normalized spacial score (nSPS) is 11.1. The van der Waals surface area contributed by atoms with Gasteiger partial charge in [0.05, 0.1) is 12.8 Å². The van der Waals surface area contributed by atoms with Crippen molar-refractivity contribution in [3.8, 4) is 28.7 Å². The van der Waals surface area contributed by atoms with E-state index in [9.17, 15) is 4.79 Å². The first-order chi connectivity index (χ1) is 13.7. The fraction of sp³-hybridized carbons (Fsp3) is 0.227. The Labute approximate surface area is 162 Å². The molecule has 0 spiro atoms. The van der Waals surface area contributed by atoms with Crippen molar-refractivity contribution in [3.05, 3.63) is 70.8 Å². The first-order valence-electron chi connectivity index (χ1n) is 9.35. The first kappa shape index (κ1) is 18.0. The van der Waals surface area contributed by atoms with Crippen LogP contribution < -0.4 is 10.3 Å². The highest BCUT2D eigenvalue weighted by molar-refractivity contribution is 5.64. The Kier molecular flexibility index (Phi) is 4.93. The van der Waals surface area contributed by atoms with Crippen molar-refractivity contribution in [1.29, 1.82) is 0 Å². The summed E-state index contributed by atoms with van der Waals surface area (Å²) in [6.07, 6.45) is 5.20. The Morgan fingerprint density at radius 2 is 1.96 bits per heavy atom. The number of nitrogens with zero attached hydrogens (tertiary/aromatic N) is 3. The Morgan fingerprint density at radius 1 is 1.14 bits per heavy atom. The molecular formula is C22H21N3O3. The van der Waals surface area contributed by atoms with Crippen molar-refractivity contribution in [1.82, 2.24) is 14.4 Å². The van der Waals surface area contributed by atoms with Gasteiger partial charge in [-0.1, -0.05) is 49.7 Å². The van der Waals surface area contributed by atoms with Crippen LogP contribution in [0, 0.1) is 6.92 Å². The molecule has 0 N–H and O–H groups in total. The lowest BCUT2D eigenvalue weighted by Crippen LogP contribution is -2.20. The van der Waals surface area contributed by atoms with E-state index in [0.29, 0.717) is 23.7 Å². The number of benzene rings is 1. The van der Waals surface area contributed by atoms with E-state index < -0.39 is 0 Å². The van der Waals surface area contributed by atoms with Crippen molar-refractivity contribution in [3.63, 3.8) is 0 Å². The third-order valence-corrected chi connectivity index (χ3v) is 4.44. The highest BCUT2D eigenvalue weighted by Crippen LogP contribution is 2.29. The molecule has 4 aromatic rings. The summed E-state index contributed by atoms with van der Waals surface area (Å²) >= 11 is 0. The minimum Gasteiger partial charge on any atom is -0.486 e. The SMILES string of the molecule is CCCCOc1c(-c2ncc(-c3ccccc3)o2)nc2ccc(C)cn2c1=O. The zero-order chi connectivity index (χ0) is 19.5. The quantitative estimate of drug-likeness (QED) is 0.464. The number of oxazole rings is 1. The van der Waals surface area contributed by atoms with Gasteiger partial charge in [-0.15, -0.1) is 0 Å². The number of fused-ring (bicyclic) bond motifs is 1. The average Bonchev–Trinajstić information content (AvgIpc) is 3.21. The maximum atomic E-state index is 13.1. The molecule has 0 aliphatic heterocycles. The molecule has 0 saturated carbocycles. The van der Waals surface area contributed by atoms with Gasteiger partial charge in [0.1, 0.15) is 5.65 Å². The number of aryl methyl sites for hydroxylation is 1. The molecule has 0 aliphatic carbocycles. The van der Waals surface area contributed by atoms with Gasteiger partial charge >= 0.3 is 5.56 Å². The van der Waals surface area contributed by atoms with Gasteiger partial charge < -0.3 is 9.15 Å². The van der Waals surface area contributed by atoms with Gasteiger partial charge in [0.15, 0.2) is 11.5 Å². The number of rotatable bonds is 6. The van der Waals surface area contributed by atoms with Crippen LogP contribution in [0.4, 0.5) is 0 Å². The second-order valence-electron chi connectivity index (χ2n) is 6.63. The summed E-state index contributed by atoms with van der Waals surface area (Å²) in [5.74, 6) is 1.05. The molecule has 142 valence electrons. The van der Waals surface area contributed by atoms with E-state index in [1.165, 1.54) is 4.40 Å². The zero-order valence-corrected chi connectivity index (χ0v) is 15.9. The Hall–Kier alpha value is -3.41. The van der Waals surface area contributed by atoms with E-state index >= 15 is 0 Å². The number of unbranched alkanes of at least 4 members (excludes halogenated alkanes) is 1. The van der Waals surface area contributed by atoms with Gasteiger partial charge in [0.2, 0.25) is 11.6 Å². The molecule has 0 saturated heterocycles. The molecule has 3 heterocycles. The zero-order valence-electron chi connectivity index (χ0n) is 15.9. The van der Waals surface area contributed by atoms with Crippen LogP contribution in [-0.2, 0) is 0 Å². The van der Waals surface area contributed by atoms with Crippen LogP contribution in [-0.4, -0.2) is 21.0 Å². The third-order valence-electron chi connectivity index (χ3n) is 4.44. The van der Waals surface area contributed by atoms with Crippen LogP contribution in [0.1, 0.15) is 25.3 Å². The van der Waals surface area contributed by atoms with Crippen LogP contribution in [0.2, 0.25) is 0 Å². The predicted octanol–water partition coefficient (Wildman–Crippen LogP) is 4.50. The number of ether oxygens (including phenoxy) is 1. The van der Waals surface area contributed by atoms with E-state index in [0.717, 1.165) is 24.0 Å². The van der Waals surface area contributed by atoms with Gasteiger partial charge in [0, 0.05) is 11.8 Å². The van der Waals surface area contributed by atoms with Crippen molar-refractivity contribution in [2.45, 2.75) is 26.7 Å². The van der Waals surface area contributed by atoms with Gasteiger partial charge in [0.25, 0.3) is 0 Å². The molecule has 1 aromatic carbocycles. The van der Waals surface area contributed by atoms with Gasteiger partial charge in [-0.2, -0.15) is 0 Å². The van der Waals surface area contributed by atoms with E-state index in [2.05, 4.69) is 16.9 Å². The highest BCUT2D eigenvalue weighted by Gasteiger charge is 2.20. The van der Waals surface area contributed by atoms with Crippen molar-refractivity contribution >= 4 is 5.65 Å². The van der Waals surface area contributed by atoms with Crippen LogP contribution >= 0.6 is 0 Å². The van der Waals surface area contributed by atoms with Crippen molar-refractivity contribution in [2.75, 3.05) is 6.61 Å². The van der Waals surface area contributed by atoms with Crippen molar-refractivity contribution < 1.29 is 9.15 Å². The number of hydrogen-bond donors (Lipinski definition) is 0. The molecule has 0 radical (unpaired) electrons. The fourth-order valence-electron chi connectivity index (χ4n) is 2.94. The predicted molar refractivity (Wildman–Crippen MR) is 108 cm³/mol. The third kappa shape index (κ3) is 3.41. The lowest BCUT2D eigenvalue weighted by atomic mass is 10.2. The minimum absolute atomic E-state index is 0.165. The second kappa shape index (κ2) is 7.68. The molecule has 6 nitrogen and oxygen atoms in total. The molecule has 6 heteroatoms. The minimum atomic E-state index is -0.265. The smallest absolute Gasteiger partial charge is 0.301 e. The topological polar surface area (TPSA) is 69.6 Å². The molecule has 0 amide bonds. The summed E-state index contributed by atoms with van der Waals surface area (Å²) in [5.41, 5.74) is 2.45. The monoisotopic (exact) mass is 375 g/mol. The molecule has 0 unspecified atom stereocenters. The van der Waals surface area contributed by atoms with E-state index in [1.54, 1.807) is 18.5 Å². The molecule has 0 fully saturated rings. The maximum Gasteiger partial charge on any atom is 0.301 e. The summed E-state index contributed by atoms with van der Waals surface area (Å²) < 4.78 is 13.3. The van der Waals surface area contributed by atoms with Crippen LogP contribution in [0.3, 0.4) is 0 Å². The summed E-state index contributed by atoms with van der Waals surface area (Å²) in [6.45, 7) is 4.43. The molecule has 4 rings (SSSR count). The standard InChI is InChI=1S/C22H21N3O3/c1-3-4-12-27-20-19(24-18-11-10-15(2)14-25(18)22(20)26)21-23-13-17(28-21)16-8-6-5-7-9-16/h5-11,13-14H,3-4,12H2,1-2H3. The number of aromatic nitrogens is 3. The van der Waals surface area contributed by atoms with Gasteiger partial charge in [-0.3, -0.25) is 9.20 Å². The second-order valence-corrected chi connectivity index (χ2v) is 6.63. The van der Waals surface area contributed by atoms with Crippen molar-refractivity contribution in [2.24, 2.45) is 0 Å². The van der Waals surface area contributed by atoms with Gasteiger partial charge in [-0.25, -0.2) is 9.97 Å². The fourth-order valence-corrected chi connectivity index (χ4v) is 2.94. The molecule has 28 heavy (non-hydrogen) atoms. The molecule has 3 aromatic heterocycles. The summed E-state index contributed by atoms with van der Waals surface area (Å²) in [6, 6.07) is 13.4. The summed E-state index contributed by atoms with van der Waals surface area (Å²) in [7, 11) is 0. The summed E-state index contributed by atoms with van der Waals surface area (Å²) in [4.78, 5) is 22.0. The Balaban J connectivity index is 1.85. The van der Waals surface area contributed by atoms with Crippen LogP contribution in [0.25, 0.3) is 28.6 Å². The van der Waals surface area contributed by atoms with E-state index in [-0.39, 0.29) is 17.2 Å². The number of hydrogen-bond acceptors (Lipinski definition) is 5. The number of pyridine rings is 1. The summed E-state index contributed by atoms with van der Waals surface area (Å²) in [5, 5.41) is 0. The molecular weight excluding hydrogens is 354 g/mol. The largest absolute Gasteiger partial charge is 0.486 e. The molecule has 0 atom stereocenters. The Morgan fingerprint density at radius 3 is 2.75 bits per heavy atom. The van der Waals surface area contributed by atoms with Gasteiger partial charge in [-0.05, 0) is 25.0 Å². The lowest BCUT2D eigenvalue weighted by molar-refractivity contribution is 0.304. The maximum absolute atomic E-state index is 13.1. The highest BCUT2D eigenvalue weighted by atomic mass is 16.5. The average molecular weight is 375 g/mol. The van der Waals surface area contributed by atoms with Crippen LogP contribution in [0.15, 0.2) is 64.1 Å². The van der Waals surface area contributed by atoms with E-state index in [4.69, 9.17) is 9.15 Å². The van der Waals surface area contributed by atoms with E-state index in [1.807, 2.05) is 43.3 Å². The lowest BCUT2D eigenvalue weighted by Gasteiger charge is -2.10. The molecule has 0 aliphatic rings.